The highest BCUT2D eigenvalue weighted by Crippen LogP contribution is 2.16. The maximum atomic E-state index is 13.1. The number of nitrogens with one attached hydrogen (secondary N) is 2. The van der Waals surface area contributed by atoms with Crippen LogP contribution in [-0.4, -0.2) is 41.0 Å². The highest BCUT2D eigenvalue weighted by molar-refractivity contribution is 5.77. The molecule has 0 spiro atoms. The van der Waals surface area contributed by atoms with E-state index in [0.29, 0.717) is 5.92 Å². The molecule has 2 N–H and O–H groups in total. The summed E-state index contributed by atoms with van der Waals surface area (Å²) in [7, 11) is 0. The van der Waals surface area contributed by atoms with Crippen LogP contribution in [0.5, 0.6) is 0 Å². The summed E-state index contributed by atoms with van der Waals surface area (Å²) in [6.45, 7) is 6.71. The van der Waals surface area contributed by atoms with E-state index in [-0.39, 0.29) is 5.82 Å². The molecule has 2 aromatic rings. The lowest BCUT2D eigenvalue weighted by atomic mass is 10.1. The van der Waals surface area contributed by atoms with E-state index in [2.05, 4.69) is 27.1 Å². The number of anilines is 1. The number of hydrogen-bond donors (Lipinski definition) is 2. The SMILES string of the molecule is CC(CNc1nc2ccc(F)cc2[nH]1)CN1CCCC1. The fourth-order valence-electron chi connectivity index (χ4n) is 2.81. The van der Waals surface area contributed by atoms with Crippen LogP contribution in [0.4, 0.5) is 10.3 Å². The number of likely N-dealkylation sites (tertiary alicyclic amines) is 1. The third kappa shape index (κ3) is 3.10. The molecule has 0 radical (unpaired) electrons. The Kier molecular flexibility index (Phi) is 3.87. The summed E-state index contributed by atoms with van der Waals surface area (Å²) in [6.07, 6.45) is 2.66. The van der Waals surface area contributed by atoms with Crippen molar-refractivity contribution in [3.05, 3.63) is 24.0 Å². The van der Waals surface area contributed by atoms with Gasteiger partial charge in [0, 0.05) is 13.1 Å². The standard InChI is InChI=1S/C15H21FN4/c1-11(10-20-6-2-3-7-20)9-17-15-18-13-5-4-12(16)8-14(13)19-15/h4-5,8,11H,2-3,6-7,9-10H2,1H3,(H2,17,18,19). The van der Waals surface area contributed by atoms with Crippen molar-refractivity contribution in [1.29, 1.82) is 0 Å². The Balaban J connectivity index is 1.56. The van der Waals surface area contributed by atoms with Crippen molar-refractivity contribution in [2.24, 2.45) is 5.92 Å². The molecule has 0 saturated carbocycles. The number of benzene rings is 1. The van der Waals surface area contributed by atoms with Gasteiger partial charge in [-0.05, 0) is 50.0 Å². The van der Waals surface area contributed by atoms with Crippen LogP contribution in [0, 0.1) is 11.7 Å². The van der Waals surface area contributed by atoms with Crippen LogP contribution in [0.15, 0.2) is 18.2 Å². The van der Waals surface area contributed by atoms with Crippen LogP contribution in [0.25, 0.3) is 11.0 Å². The molecule has 5 heteroatoms. The van der Waals surface area contributed by atoms with Gasteiger partial charge < -0.3 is 15.2 Å². The topological polar surface area (TPSA) is 44.0 Å². The Bertz CT molecular complexity index is 574. The normalized spacial score (nSPS) is 17.7. The third-order valence-corrected chi connectivity index (χ3v) is 3.83. The number of rotatable bonds is 5. The molecule has 108 valence electrons. The minimum atomic E-state index is -0.241. The lowest BCUT2D eigenvalue weighted by Gasteiger charge is -2.20. The number of nitrogens with zero attached hydrogens (tertiary/aromatic N) is 2. The van der Waals surface area contributed by atoms with Gasteiger partial charge in [-0.15, -0.1) is 0 Å². The van der Waals surface area contributed by atoms with E-state index in [9.17, 15) is 4.39 Å². The van der Waals surface area contributed by atoms with Gasteiger partial charge >= 0.3 is 0 Å². The highest BCUT2D eigenvalue weighted by Gasteiger charge is 2.14. The van der Waals surface area contributed by atoms with Crippen molar-refractivity contribution in [3.63, 3.8) is 0 Å². The van der Waals surface area contributed by atoms with Crippen molar-refractivity contribution < 1.29 is 4.39 Å². The Morgan fingerprint density at radius 1 is 1.40 bits per heavy atom. The maximum absolute atomic E-state index is 13.1. The summed E-state index contributed by atoms with van der Waals surface area (Å²) < 4.78 is 13.1. The molecule has 0 aliphatic carbocycles. The van der Waals surface area contributed by atoms with Crippen molar-refractivity contribution >= 4 is 17.0 Å². The second kappa shape index (κ2) is 5.79. The van der Waals surface area contributed by atoms with Gasteiger partial charge in [-0.1, -0.05) is 6.92 Å². The molecule has 4 nitrogen and oxygen atoms in total. The van der Waals surface area contributed by atoms with Crippen LogP contribution in [0.2, 0.25) is 0 Å². The highest BCUT2D eigenvalue weighted by atomic mass is 19.1. The number of fused-ring (bicyclic) bond motifs is 1. The second-order valence-electron chi connectivity index (χ2n) is 5.74. The van der Waals surface area contributed by atoms with Gasteiger partial charge in [0.05, 0.1) is 11.0 Å². The van der Waals surface area contributed by atoms with Gasteiger partial charge in [0.1, 0.15) is 5.82 Å². The number of aromatic amines is 1. The molecule has 1 saturated heterocycles. The van der Waals surface area contributed by atoms with Crippen LogP contribution in [0.1, 0.15) is 19.8 Å². The molecule has 1 aliphatic rings. The Morgan fingerprint density at radius 2 is 2.20 bits per heavy atom. The van der Waals surface area contributed by atoms with Crippen molar-refractivity contribution in [1.82, 2.24) is 14.9 Å². The maximum Gasteiger partial charge on any atom is 0.201 e. The number of aromatic nitrogens is 2. The summed E-state index contributed by atoms with van der Waals surface area (Å²) in [6, 6.07) is 4.60. The van der Waals surface area contributed by atoms with Gasteiger partial charge in [-0.25, -0.2) is 9.37 Å². The van der Waals surface area contributed by atoms with Gasteiger partial charge in [0.25, 0.3) is 0 Å². The van der Waals surface area contributed by atoms with E-state index in [0.717, 1.165) is 30.1 Å². The fourth-order valence-corrected chi connectivity index (χ4v) is 2.81. The Hall–Kier alpha value is -1.62. The summed E-state index contributed by atoms with van der Waals surface area (Å²) in [5, 5.41) is 3.31. The third-order valence-electron chi connectivity index (χ3n) is 3.83. The average molecular weight is 276 g/mol. The van der Waals surface area contributed by atoms with Crippen molar-refractivity contribution in [3.8, 4) is 0 Å². The van der Waals surface area contributed by atoms with Gasteiger partial charge in [-0.2, -0.15) is 0 Å². The van der Waals surface area contributed by atoms with Crippen LogP contribution < -0.4 is 5.32 Å². The summed E-state index contributed by atoms with van der Waals surface area (Å²) in [4.78, 5) is 10.0. The molecule has 0 amide bonds. The van der Waals surface area contributed by atoms with E-state index >= 15 is 0 Å². The summed E-state index contributed by atoms with van der Waals surface area (Å²) in [5.74, 6) is 1.05. The second-order valence-corrected chi connectivity index (χ2v) is 5.74. The zero-order chi connectivity index (χ0) is 13.9. The van der Waals surface area contributed by atoms with E-state index in [1.807, 2.05) is 0 Å². The molecular weight excluding hydrogens is 255 g/mol. The van der Waals surface area contributed by atoms with Crippen molar-refractivity contribution in [2.45, 2.75) is 19.8 Å². The first kappa shape index (κ1) is 13.4. The van der Waals surface area contributed by atoms with E-state index < -0.39 is 0 Å². The predicted octanol–water partition coefficient (Wildman–Crippen LogP) is 2.85. The Labute approximate surface area is 118 Å². The zero-order valence-electron chi connectivity index (χ0n) is 11.8. The number of halogens is 1. The number of H-pyrrole nitrogens is 1. The first-order chi connectivity index (χ1) is 9.70. The molecule has 1 fully saturated rings. The average Bonchev–Trinajstić information content (AvgIpc) is 3.04. The summed E-state index contributed by atoms with van der Waals surface area (Å²) >= 11 is 0. The largest absolute Gasteiger partial charge is 0.355 e. The van der Waals surface area contributed by atoms with Crippen molar-refractivity contribution in [2.75, 3.05) is 31.5 Å². The Morgan fingerprint density at radius 3 is 3.00 bits per heavy atom. The molecule has 20 heavy (non-hydrogen) atoms. The molecule has 2 heterocycles. The molecule has 1 unspecified atom stereocenters. The first-order valence-corrected chi connectivity index (χ1v) is 7.32. The number of hydrogen-bond acceptors (Lipinski definition) is 3. The molecule has 0 bridgehead atoms. The molecule has 1 aromatic carbocycles. The lowest BCUT2D eigenvalue weighted by molar-refractivity contribution is 0.294. The molecule has 3 rings (SSSR count). The van der Waals surface area contributed by atoms with E-state index in [1.54, 1.807) is 6.07 Å². The van der Waals surface area contributed by atoms with Gasteiger partial charge in [-0.3, -0.25) is 0 Å². The van der Waals surface area contributed by atoms with E-state index in [1.165, 1.54) is 38.1 Å². The molecule has 1 aliphatic heterocycles. The van der Waals surface area contributed by atoms with Crippen LogP contribution in [-0.2, 0) is 0 Å². The minimum Gasteiger partial charge on any atom is -0.355 e. The number of imidazole rings is 1. The van der Waals surface area contributed by atoms with Crippen LogP contribution in [0.3, 0.4) is 0 Å². The van der Waals surface area contributed by atoms with Gasteiger partial charge in [0.15, 0.2) is 0 Å². The predicted molar refractivity (Wildman–Crippen MR) is 79.4 cm³/mol. The molecule has 1 atom stereocenters. The van der Waals surface area contributed by atoms with Crippen LogP contribution >= 0.6 is 0 Å². The first-order valence-electron chi connectivity index (χ1n) is 7.32. The monoisotopic (exact) mass is 276 g/mol. The molecule has 1 aromatic heterocycles. The van der Waals surface area contributed by atoms with Gasteiger partial charge in [0.2, 0.25) is 5.95 Å². The summed E-state index contributed by atoms with van der Waals surface area (Å²) in [5.41, 5.74) is 1.53. The smallest absolute Gasteiger partial charge is 0.201 e. The molecular formula is C15H21FN4. The fraction of sp³-hybridized carbons (Fsp3) is 0.533. The quantitative estimate of drug-likeness (QED) is 0.882. The lowest BCUT2D eigenvalue weighted by Crippen LogP contribution is -2.29. The zero-order valence-corrected chi connectivity index (χ0v) is 11.8. The van der Waals surface area contributed by atoms with E-state index in [4.69, 9.17) is 0 Å². The minimum absolute atomic E-state index is 0.241.